The number of methoxy groups -OCH3 is 1. The first-order valence-electron chi connectivity index (χ1n) is 10.8. The Kier molecular flexibility index (Phi) is 4.98. The number of hydrogen-bond donors (Lipinski definition) is 1. The third-order valence-corrected chi connectivity index (χ3v) is 6.80. The third kappa shape index (κ3) is 3.70. The van der Waals surface area contributed by atoms with Gasteiger partial charge in [0.2, 0.25) is 11.8 Å². The molecule has 2 aliphatic heterocycles. The summed E-state index contributed by atoms with van der Waals surface area (Å²) in [5.74, 6) is 1.65. The first-order chi connectivity index (χ1) is 15.1. The molecule has 1 aliphatic carbocycles. The quantitative estimate of drug-likeness (QED) is 0.765. The zero-order valence-corrected chi connectivity index (χ0v) is 17.6. The van der Waals surface area contributed by atoms with Crippen molar-refractivity contribution in [2.24, 2.45) is 0 Å². The summed E-state index contributed by atoms with van der Waals surface area (Å²) in [5.41, 5.74) is 1.56. The highest BCUT2D eigenvalue weighted by atomic mass is 16.5. The van der Waals surface area contributed by atoms with E-state index in [2.05, 4.69) is 26.3 Å². The molecule has 160 valence electrons. The highest BCUT2D eigenvalue weighted by Crippen LogP contribution is 2.46. The van der Waals surface area contributed by atoms with Gasteiger partial charge in [-0.1, -0.05) is 0 Å². The second-order valence-corrected chi connectivity index (χ2v) is 8.63. The van der Waals surface area contributed by atoms with Crippen molar-refractivity contribution in [1.82, 2.24) is 20.2 Å². The molecule has 2 saturated heterocycles. The molecule has 3 fully saturated rings. The van der Waals surface area contributed by atoms with Gasteiger partial charge in [-0.05, 0) is 49.4 Å². The van der Waals surface area contributed by atoms with E-state index in [1.165, 1.54) is 0 Å². The average Bonchev–Trinajstić information content (AvgIpc) is 3.57. The van der Waals surface area contributed by atoms with Crippen LogP contribution in [0.5, 0.6) is 5.88 Å². The second kappa shape index (κ2) is 7.82. The lowest BCUT2D eigenvalue weighted by atomic mass is 10.1. The van der Waals surface area contributed by atoms with Gasteiger partial charge < -0.3 is 14.5 Å². The Bertz CT molecular complexity index is 999. The number of anilines is 1. The Hall–Kier alpha value is -3.18. The summed E-state index contributed by atoms with van der Waals surface area (Å²) in [5, 5.41) is 12.5. The summed E-state index contributed by atoms with van der Waals surface area (Å²) in [7, 11) is 1.62. The first kappa shape index (κ1) is 19.8. The van der Waals surface area contributed by atoms with Crippen molar-refractivity contribution < 1.29 is 9.53 Å². The highest BCUT2D eigenvalue weighted by Gasteiger charge is 2.46. The monoisotopic (exact) mass is 418 g/mol. The molecule has 31 heavy (non-hydrogen) atoms. The van der Waals surface area contributed by atoms with Gasteiger partial charge in [0.1, 0.15) is 11.9 Å². The molecule has 2 aromatic heterocycles. The molecular formula is C23H26N6O2. The van der Waals surface area contributed by atoms with Crippen molar-refractivity contribution in [3.8, 4) is 11.9 Å². The smallest absolute Gasteiger partial charge is 0.236 e. The van der Waals surface area contributed by atoms with Gasteiger partial charge in [-0.2, -0.15) is 5.26 Å². The number of amides is 1. The van der Waals surface area contributed by atoms with Crippen LogP contribution < -0.4 is 15.0 Å². The zero-order valence-electron chi connectivity index (χ0n) is 17.6. The summed E-state index contributed by atoms with van der Waals surface area (Å²) in [4.78, 5) is 26.0. The van der Waals surface area contributed by atoms with Crippen molar-refractivity contribution in [2.75, 3.05) is 31.6 Å². The Morgan fingerprint density at radius 1 is 1.26 bits per heavy atom. The number of fused-ring (bicyclic) bond motifs is 2. The molecule has 8 nitrogen and oxygen atoms in total. The maximum absolute atomic E-state index is 13.0. The van der Waals surface area contributed by atoms with Gasteiger partial charge in [-0.25, -0.2) is 9.97 Å². The molecular weight excluding hydrogens is 392 g/mol. The number of piperazine rings is 1. The number of ether oxygens (including phenoxy) is 1. The molecule has 0 radical (unpaired) electrons. The van der Waals surface area contributed by atoms with Crippen molar-refractivity contribution in [3.63, 3.8) is 0 Å². The molecule has 2 unspecified atom stereocenters. The fourth-order valence-electron chi connectivity index (χ4n) is 4.95. The molecule has 3 aliphatic rings. The fourth-order valence-corrected chi connectivity index (χ4v) is 4.95. The van der Waals surface area contributed by atoms with Crippen LogP contribution >= 0.6 is 0 Å². The number of nitriles is 1. The van der Waals surface area contributed by atoms with Crippen LogP contribution in [0.4, 0.5) is 5.82 Å². The van der Waals surface area contributed by atoms with E-state index in [9.17, 15) is 4.79 Å². The minimum absolute atomic E-state index is 0.140. The van der Waals surface area contributed by atoms with E-state index in [0.29, 0.717) is 18.0 Å². The predicted molar refractivity (Wildman–Crippen MR) is 115 cm³/mol. The molecule has 1 N–H and O–H groups in total. The van der Waals surface area contributed by atoms with Crippen LogP contribution in [-0.4, -0.2) is 59.6 Å². The normalized spacial score (nSPS) is 23.4. The number of aromatic nitrogens is 2. The van der Waals surface area contributed by atoms with Crippen LogP contribution in [0.1, 0.15) is 36.8 Å². The number of pyridine rings is 2. The van der Waals surface area contributed by atoms with E-state index < -0.39 is 0 Å². The van der Waals surface area contributed by atoms with E-state index in [0.717, 1.165) is 50.2 Å². The summed E-state index contributed by atoms with van der Waals surface area (Å²) in [6.45, 7) is 1.77. The molecule has 2 atom stereocenters. The standard InChI is InChI=1S/C23H26N6O2/c1-31-21-10-17(6-9-25-21)23(7-8-23)27-13-22(30)28-14-18-3-4-19(15-28)29(18)20-5-2-16(11-24)12-26-20/h2,5-6,9-10,12,18-19,27H,3-4,7-8,13-15H2,1H3. The Morgan fingerprint density at radius 3 is 2.65 bits per heavy atom. The third-order valence-electron chi connectivity index (χ3n) is 6.80. The number of nitrogens with one attached hydrogen (secondary N) is 1. The van der Waals surface area contributed by atoms with Crippen molar-refractivity contribution in [1.29, 1.82) is 5.26 Å². The SMILES string of the molecule is COc1cc(C2(NCC(=O)N3CC4CCC(C3)N4c3ccc(C#N)cn3)CC2)ccn1. The number of nitrogens with zero attached hydrogens (tertiary/aromatic N) is 5. The molecule has 8 heteroatoms. The average molecular weight is 419 g/mol. The fraction of sp³-hybridized carbons (Fsp3) is 0.478. The summed E-state index contributed by atoms with van der Waals surface area (Å²) in [6.07, 6.45) is 7.52. The van der Waals surface area contributed by atoms with Crippen molar-refractivity contribution in [3.05, 3.63) is 47.8 Å². The summed E-state index contributed by atoms with van der Waals surface area (Å²) in [6, 6.07) is 10.4. The maximum Gasteiger partial charge on any atom is 0.236 e. The molecule has 2 aromatic rings. The second-order valence-electron chi connectivity index (χ2n) is 8.63. The molecule has 1 amide bonds. The van der Waals surface area contributed by atoms with Gasteiger partial charge in [-0.3, -0.25) is 10.1 Å². The van der Waals surface area contributed by atoms with Gasteiger partial charge in [0, 0.05) is 49.2 Å². The minimum Gasteiger partial charge on any atom is -0.481 e. The molecule has 4 heterocycles. The Balaban J connectivity index is 1.21. The number of hydrogen-bond acceptors (Lipinski definition) is 7. The van der Waals surface area contributed by atoms with E-state index in [1.807, 2.05) is 29.2 Å². The number of likely N-dealkylation sites (tertiary alicyclic amines) is 1. The minimum atomic E-state index is -0.140. The molecule has 5 rings (SSSR count). The van der Waals surface area contributed by atoms with Crippen LogP contribution in [0, 0.1) is 11.3 Å². The van der Waals surface area contributed by atoms with Gasteiger partial charge >= 0.3 is 0 Å². The van der Waals surface area contributed by atoms with Crippen LogP contribution in [0.25, 0.3) is 0 Å². The maximum atomic E-state index is 13.0. The lowest BCUT2D eigenvalue weighted by molar-refractivity contribution is -0.131. The van der Waals surface area contributed by atoms with Gasteiger partial charge in [-0.15, -0.1) is 0 Å². The first-order valence-corrected chi connectivity index (χ1v) is 10.8. The largest absolute Gasteiger partial charge is 0.481 e. The van der Waals surface area contributed by atoms with Gasteiger partial charge in [0.05, 0.1) is 19.2 Å². The predicted octanol–water partition coefficient (Wildman–Crippen LogP) is 1.82. The summed E-state index contributed by atoms with van der Waals surface area (Å²) < 4.78 is 5.25. The summed E-state index contributed by atoms with van der Waals surface area (Å²) >= 11 is 0. The molecule has 0 spiro atoms. The highest BCUT2D eigenvalue weighted by molar-refractivity contribution is 5.79. The van der Waals surface area contributed by atoms with E-state index >= 15 is 0 Å². The lowest BCUT2D eigenvalue weighted by Gasteiger charge is -2.42. The van der Waals surface area contributed by atoms with Crippen molar-refractivity contribution in [2.45, 2.75) is 43.3 Å². The van der Waals surface area contributed by atoms with Gasteiger partial charge in [0.15, 0.2) is 0 Å². The molecule has 1 saturated carbocycles. The topological polar surface area (TPSA) is 94.4 Å². The Labute approximate surface area is 181 Å². The van der Waals surface area contributed by atoms with E-state index in [4.69, 9.17) is 10.00 Å². The zero-order chi connectivity index (χ0) is 21.4. The number of carbonyl (C=O) groups is 1. The van der Waals surface area contributed by atoms with E-state index in [-0.39, 0.29) is 23.5 Å². The molecule has 0 aromatic carbocycles. The van der Waals surface area contributed by atoms with Gasteiger partial charge in [0.25, 0.3) is 0 Å². The van der Waals surface area contributed by atoms with Crippen LogP contribution in [0.3, 0.4) is 0 Å². The van der Waals surface area contributed by atoms with Crippen LogP contribution in [0.15, 0.2) is 36.7 Å². The molecule has 2 bridgehead atoms. The Morgan fingerprint density at radius 2 is 2.03 bits per heavy atom. The van der Waals surface area contributed by atoms with Crippen molar-refractivity contribution >= 4 is 11.7 Å². The lowest BCUT2D eigenvalue weighted by Crippen LogP contribution is -2.57. The number of carbonyl (C=O) groups excluding carboxylic acids is 1. The van der Waals surface area contributed by atoms with E-state index in [1.54, 1.807) is 19.5 Å². The number of rotatable bonds is 6. The van der Waals surface area contributed by atoms with Crippen LogP contribution in [0.2, 0.25) is 0 Å². The van der Waals surface area contributed by atoms with Crippen LogP contribution in [-0.2, 0) is 10.3 Å².